The van der Waals surface area contributed by atoms with E-state index in [2.05, 4.69) is 4.98 Å². The highest BCUT2D eigenvalue weighted by Crippen LogP contribution is 2.21. The second-order valence-corrected chi connectivity index (χ2v) is 3.58. The maximum Gasteiger partial charge on any atom is 0.162 e. The fourth-order valence-electron chi connectivity index (χ4n) is 1.37. The maximum atomic E-state index is 12.9. The zero-order valence-corrected chi connectivity index (χ0v) is 8.68. The van der Waals surface area contributed by atoms with E-state index in [0.29, 0.717) is 16.5 Å². The van der Waals surface area contributed by atoms with Crippen LogP contribution in [-0.2, 0) is 0 Å². The zero-order chi connectivity index (χ0) is 11.0. The third-order valence-corrected chi connectivity index (χ3v) is 2.40. The molecular formula is C11H7ClFNO. The first-order valence-corrected chi connectivity index (χ1v) is 4.72. The van der Waals surface area contributed by atoms with Crippen molar-refractivity contribution in [2.75, 3.05) is 0 Å². The molecule has 1 aromatic heterocycles. The third-order valence-electron chi connectivity index (χ3n) is 2.11. The quantitative estimate of drug-likeness (QED) is 0.549. The first-order chi connectivity index (χ1) is 7.08. The van der Waals surface area contributed by atoms with Crippen molar-refractivity contribution in [1.29, 1.82) is 0 Å². The minimum atomic E-state index is -0.360. The van der Waals surface area contributed by atoms with Gasteiger partial charge in [-0.05, 0) is 31.2 Å². The summed E-state index contributed by atoms with van der Waals surface area (Å²) in [6, 6.07) is 5.71. The van der Waals surface area contributed by atoms with Crippen molar-refractivity contribution in [3.8, 4) is 0 Å². The lowest BCUT2D eigenvalue weighted by Gasteiger charge is -2.02. The van der Waals surface area contributed by atoms with Crippen molar-refractivity contribution >= 4 is 28.3 Å². The number of hydrogen-bond acceptors (Lipinski definition) is 2. The Morgan fingerprint density at radius 1 is 1.40 bits per heavy atom. The lowest BCUT2D eigenvalue weighted by molar-refractivity contribution is 0.101. The first kappa shape index (κ1) is 10.1. The molecule has 0 saturated carbocycles. The van der Waals surface area contributed by atoms with Gasteiger partial charge >= 0.3 is 0 Å². The van der Waals surface area contributed by atoms with Gasteiger partial charge in [-0.3, -0.25) is 4.79 Å². The molecular weight excluding hydrogens is 217 g/mol. The molecule has 0 saturated heterocycles. The number of pyridine rings is 1. The van der Waals surface area contributed by atoms with E-state index in [9.17, 15) is 9.18 Å². The van der Waals surface area contributed by atoms with Crippen LogP contribution in [0.5, 0.6) is 0 Å². The van der Waals surface area contributed by atoms with Crippen LogP contribution >= 0.6 is 11.6 Å². The molecule has 0 radical (unpaired) electrons. The number of rotatable bonds is 1. The number of Topliss-reactive ketones (excluding diaryl/α,β-unsaturated/α-hetero) is 1. The average Bonchev–Trinajstić information content (AvgIpc) is 2.17. The maximum absolute atomic E-state index is 12.9. The lowest BCUT2D eigenvalue weighted by Crippen LogP contribution is -1.96. The van der Waals surface area contributed by atoms with Gasteiger partial charge in [-0.2, -0.15) is 0 Å². The van der Waals surface area contributed by atoms with E-state index in [0.717, 1.165) is 0 Å². The summed E-state index contributed by atoms with van der Waals surface area (Å²) in [6.07, 6.45) is 0. The Morgan fingerprint density at radius 2 is 2.13 bits per heavy atom. The van der Waals surface area contributed by atoms with Gasteiger partial charge in [-0.25, -0.2) is 9.37 Å². The van der Waals surface area contributed by atoms with E-state index in [1.54, 1.807) is 6.07 Å². The molecule has 15 heavy (non-hydrogen) atoms. The second-order valence-electron chi connectivity index (χ2n) is 3.22. The third kappa shape index (κ3) is 1.83. The number of carbonyl (C=O) groups is 1. The number of ketones is 1. The normalized spacial score (nSPS) is 10.6. The summed E-state index contributed by atoms with van der Waals surface area (Å²) in [6.45, 7) is 1.40. The summed E-state index contributed by atoms with van der Waals surface area (Å²) in [5, 5.41) is 0.728. The van der Waals surface area contributed by atoms with Crippen LogP contribution in [-0.4, -0.2) is 10.8 Å². The number of aromatic nitrogens is 1. The molecule has 0 aliphatic carbocycles. The van der Waals surface area contributed by atoms with Crippen molar-refractivity contribution in [3.63, 3.8) is 0 Å². The van der Waals surface area contributed by atoms with E-state index < -0.39 is 0 Å². The lowest BCUT2D eigenvalue weighted by atomic mass is 10.1. The van der Waals surface area contributed by atoms with E-state index in [4.69, 9.17) is 11.6 Å². The van der Waals surface area contributed by atoms with Crippen LogP contribution in [0.4, 0.5) is 4.39 Å². The van der Waals surface area contributed by atoms with Crippen LogP contribution in [0.2, 0.25) is 5.15 Å². The molecule has 0 aliphatic rings. The first-order valence-electron chi connectivity index (χ1n) is 4.34. The monoisotopic (exact) mass is 223 g/mol. The van der Waals surface area contributed by atoms with E-state index in [1.165, 1.54) is 25.1 Å². The van der Waals surface area contributed by atoms with E-state index in [-0.39, 0.29) is 16.8 Å². The predicted octanol–water partition coefficient (Wildman–Crippen LogP) is 3.23. The Morgan fingerprint density at radius 3 is 2.80 bits per heavy atom. The Bertz CT molecular complexity index is 554. The summed E-state index contributed by atoms with van der Waals surface area (Å²) in [5.74, 6) is -0.542. The van der Waals surface area contributed by atoms with Gasteiger partial charge < -0.3 is 0 Å². The SMILES string of the molecule is CC(=O)c1cc2cc(F)ccc2nc1Cl. The Kier molecular flexibility index (Phi) is 2.40. The molecule has 0 amide bonds. The summed E-state index contributed by atoms with van der Waals surface area (Å²) in [5.41, 5.74) is 0.890. The zero-order valence-electron chi connectivity index (χ0n) is 7.92. The van der Waals surface area contributed by atoms with E-state index >= 15 is 0 Å². The molecule has 2 rings (SSSR count). The summed E-state index contributed by atoms with van der Waals surface area (Å²) >= 11 is 5.81. The predicted molar refractivity (Wildman–Crippen MR) is 56.7 cm³/mol. The fourth-order valence-corrected chi connectivity index (χ4v) is 1.65. The van der Waals surface area contributed by atoms with Crippen molar-refractivity contribution < 1.29 is 9.18 Å². The molecule has 76 valence electrons. The molecule has 0 unspecified atom stereocenters. The van der Waals surface area contributed by atoms with Crippen LogP contribution in [0, 0.1) is 5.82 Å². The summed E-state index contributed by atoms with van der Waals surface area (Å²) in [4.78, 5) is 15.2. The van der Waals surface area contributed by atoms with Crippen LogP contribution in [0.1, 0.15) is 17.3 Å². The fraction of sp³-hybridized carbons (Fsp3) is 0.0909. The van der Waals surface area contributed by atoms with Gasteiger partial charge in [0.1, 0.15) is 11.0 Å². The van der Waals surface area contributed by atoms with Gasteiger partial charge in [0.05, 0.1) is 11.1 Å². The smallest absolute Gasteiger partial charge is 0.162 e. The van der Waals surface area contributed by atoms with Crippen LogP contribution in [0.25, 0.3) is 10.9 Å². The van der Waals surface area contributed by atoms with Crippen molar-refractivity contribution in [1.82, 2.24) is 4.98 Å². The second kappa shape index (κ2) is 3.59. The van der Waals surface area contributed by atoms with Gasteiger partial charge in [0, 0.05) is 5.39 Å². The largest absolute Gasteiger partial charge is 0.294 e. The number of nitrogens with zero attached hydrogens (tertiary/aromatic N) is 1. The van der Waals surface area contributed by atoms with Gasteiger partial charge in [0.2, 0.25) is 0 Å². The highest BCUT2D eigenvalue weighted by Gasteiger charge is 2.09. The molecule has 1 heterocycles. The molecule has 2 aromatic rings. The number of carbonyl (C=O) groups excluding carboxylic acids is 1. The summed E-state index contributed by atoms with van der Waals surface area (Å²) < 4.78 is 12.9. The Balaban J connectivity index is 2.77. The molecule has 0 bridgehead atoms. The van der Waals surface area contributed by atoms with Gasteiger partial charge in [0.25, 0.3) is 0 Å². The molecule has 1 aromatic carbocycles. The highest BCUT2D eigenvalue weighted by molar-refractivity contribution is 6.33. The van der Waals surface area contributed by atoms with Gasteiger partial charge in [0.15, 0.2) is 5.78 Å². The Labute approximate surface area is 90.7 Å². The standard InChI is InChI=1S/C11H7ClFNO/c1-6(15)9-5-7-4-8(13)2-3-10(7)14-11(9)12/h2-5H,1H3. The minimum Gasteiger partial charge on any atom is -0.294 e. The van der Waals surface area contributed by atoms with Crippen LogP contribution in [0.3, 0.4) is 0 Å². The molecule has 4 heteroatoms. The van der Waals surface area contributed by atoms with E-state index in [1.807, 2.05) is 0 Å². The molecule has 0 aliphatic heterocycles. The Hall–Kier alpha value is -1.48. The number of fused-ring (bicyclic) bond motifs is 1. The molecule has 2 nitrogen and oxygen atoms in total. The van der Waals surface area contributed by atoms with Crippen LogP contribution in [0.15, 0.2) is 24.3 Å². The molecule has 0 spiro atoms. The number of halogens is 2. The van der Waals surface area contributed by atoms with Gasteiger partial charge in [-0.1, -0.05) is 11.6 Å². The van der Waals surface area contributed by atoms with Crippen LogP contribution < -0.4 is 0 Å². The van der Waals surface area contributed by atoms with Crippen molar-refractivity contribution in [3.05, 3.63) is 40.8 Å². The van der Waals surface area contributed by atoms with Gasteiger partial charge in [-0.15, -0.1) is 0 Å². The number of hydrogen-bond donors (Lipinski definition) is 0. The topological polar surface area (TPSA) is 30.0 Å². The average molecular weight is 224 g/mol. The van der Waals surface area contributed by atoms with Crippen molar-refractivity contribution in [2.24, 2.45) is 0 Å². The molecule has 0 N–H and O–H groups in total. The summed E-state index contributed by atoms with van der Waals surface area (Å²) in [7, 11) is 0. The molecule has 0 atom stereocenters. The highest BCUT2D eigenvalue weighted by atomic mass is 35.5. The minimum absolute atomic E-state index is 0.154. The van der Waals surface area contributed by atoms with Crippen molar-refractivity contribution in [2.45, 2.75) is 6.92 Å². The molecule has 0 fully saturated rings. The number of benzene rings is 1.